The minimum atomic E-state index is -1.14. The number of carbonyl (C=O) groups excluding carboxylic acids is 1. The van der Waals surface area contributed by atoms with E-state index >= 15 is 0 Å². The van der Waals surface area contributed by atoms with E-state index < -0.39 is 10.8 Å². The maximum absolute atomic E-state index is 11.0. The number of rotatable bonds is 5. The molecule has 0 saturated heterocycles. The van der Waals surface area contributed by atoms with E-state index in [4.69, 9.17) is 21.6 Å². The number of hydrogen-bond donors (Lipinski definition) is 0. The van der Waals surface area contributed by atoms with Crippen molar-refractivity contribution in [1.29, 1.82) is 5.26 Å². The molecule has 0 saturated carbocycles. The van der Waals surface area contributed by atoms with Gasteiger partial charge in [-0.3, -0.25) is 4.79 Å². The Morgan fingerprint density at radius 2 is 2.31 bits per heavy atom. The van der Waals surface area contributed by atoms with Crippen LogP contribution in [0.2, 0.25) is 0 Å². The van der Waals surface area contributed by atoms with E-state index in [1.165, 1.54) is 6.92 Å². The Bertz CT molecular complexity index is 208. The van der Waals surface area contributed by atoms with Crippen LogP contribution in [0, 0.1) is 11.3 Å². The molecule has 0 aliphatic heterocycles. The molecule has 4 heteroatoms. The number of halogens is 1. The van der Waals surface area contributed by atoms with Crippen molar-refractivity contribution in [3.05, 3.63) is 0 Å². The first-order valence-electron chi connectivity index (χ1n) is 4.27. The number of carbonyl (C=O) groups is 1. The van der Waals surface area contributed by atoms with Crippen molar-refractivity contribution in [2.45, 2.75) is 38.0 Å². The maximum Gasteiger partial charge on any atom is 0.308 e. The molecule has 0 spiro atoms. The Hall–Kier alpha value is -0.750. The van der Waals surface area contributed by atoms with E-state index in [9.17, 15) is 4.79 Å². The van der Waals surface area contributed by atoms with Crippen LogP contribution in [0.3, 0.4) is 0 Å². The van der Waals surface area contributed by atoms with Gasteiger partial charge < -0.3 is 4.74 Å². The smallest absolute Gasteiger partial charge is 0.308 e. The van der Waals surface area contributed by atoms with Gasteiger partial charge in [-0.1, -0.05) is 13.3 Å². The minimum absolute atomic E-state index is 0.0607. The molecule has 13 heavy (non-hydrogen) atoms. The highest BCUT2D eigenvalue weighted by atomic mass is 35.5. The highest BCUT2D eigenvalue weighted by Crippen LogP contribution is 2.18. The first-order chi connectivity index (χ1) is 6.02. The highest BCUT2D eigenvalue weighted by molar-refractivity contribution is 6.26. The number of esters is 1. The molecule has 74 valence electrons. The molecule has 0 N–H and O–H groups in total. The van der Waals surface area contributed by atoms with Crippen molar-refractivity contribution in [3.8, 4) is 6.07 Å². The minimum Gasteiger partial charge on any atom is -0.466 e. The topological polar surface area (TPSA) is 50.1 Å². The second kappa shape index (κ2) is 5.82. The van der Waals surface area contributed by atoms with Gasteiger partial charge in [0.25, 0.3) is 0 Å². The van der Waals surface area contributed by atoms with Crippen LogP contribution < -0.4 is 0 Å². The predicted octanol–water partition coefficient (Wildman–Crippen LogP) is 2.24. The molecule has 0 radical (unpaired) electrons. The molecule has 0 aromatic carbocycles. The van der Waals surface area contributed by atoms with E-state index in [0.717, 1.165) is 12.8 Å². The van der Waals surface area contributed by atoms with Gasteiger partial charge in [-0.25, -0.2) is 0 Å². The van der Waals surface area contributed by atoms with Gasteiger partial charge in [0.05, 0.1) is 19.1 Å². The zero-order chi connectivity index (χ0) is 10.3. The first kappa shape index (κ1) is 12.2. The second-order valence-corrected chi connectivity index (χ2v) is 3.89. The Kier molecular flexibility index (Phi) is 5.48. The molecule has 0 aromatic heterocycles. The van der Waals surface area contributed by atoms with Gasteiger partial charge in [-0.15, -0.1) is 11.6 Å². The Morgan fingerprint density at radius 1 is 1.69 bits per heavy atom. The molecule has 1 atom stereocenters. The molecule has 0 heterocycles. The first-order valence-corrected chi connectivity index (χ1v) is 4.65. The van der Waals surface area contributed by atoms with Gasteiger partial charge in [0.15, 0.2) is 0 Å². The zero-order valence-electron chi connectivity index (χ0n) is 7.97. The lowest BCUT2D eigenvalue weighted by Crippen LogP contribution is -2.20. The summed E-state index contributed by atoms with van der Waals surface area (Å²) in [5, 5.41) is 8.52. The van der Waals surface area contributed by atoms with Crippen molar-refractivity contribution in [2.75, 3.05) is 6.61 Å². The van der Waals surface area contributed by atoms with Crippen molar-refractivity contribution in [3.63, 3.8) is 0 Å². The molecule has 0 rings (SSSR count). The zero-order valence-corrected chi connectivity index (χ0v) is 8.73. The number of ether oxygens (including phenoxy) is 1. The summed E-state index contributed by atoms with van der Waals surface area (Å²) in [7, 11) is 0. The van der Waals surface area contributed by atoms with Crippen LogP contribution in [0.15, 0.2) is 0 Å². The van der Waals surface area contributed by atoms with Gasteiger partial charge in [-0.05, 0) is 13.3 Å². The van der Waals surface area contributed by atoms with Crippen LogP contribution >= 0.6 is 11.6 Å². The fourth-order valence-electron chi connectivity index (χ4n) is 0.692. The van der Waals surface area contributed by atoms with Crippen LogP contribution in [0.5, 0.6) is 0 Å². The van der Waals surface area contributed by atoms with Crippen molar-refractivity contribution < 1.29 is 9.53 Å². The molecule has 0 fully saturated rings. The van der Waals surface area contributed by atoms with E-state index in [1.807, 2.05) is 13.0 Å². The average Bonchev–Trinajstić information content (AvgIpc) is 2.04. The number of alkyl halides is 1. The Balaban J connectivity index is 3.70. The van der Waals surface area contributed by atoms with Gasteiger partial charge >= 0.3 is 5.97 Å². The molecule has 0 aromatic rings. The molecular formula is C9H14ClNO2. The van der Waals surface area contributed by atoms with E-state index in [1.54, 1.807) is 0 Å². The third-order valence-electron chi connectivity index (χ3n) is 1.47. The van der Waals surface area contributed by atoms with E-state index in [0.29, 0.717) is 6.61 Å². The molecular weight excluding hydrogens is 190 g/mol. The van der Waals surface area contributed by atoms with Gasteiger partial charge in [-0.2, -0.15) is 5.26 Å². The summed E-state index contributed by atoms with van der Waals surface area (Å²) in [4.78, 5) is 9.90. The van der Waals surface area contributed by atoms with Crippen molar-refractivity contribution in [1.82, 2.24) is 0 Å². The standard InChI is InChI=1S/C9H14ClNO2/c1-3-4-5-13-8(12)6-9(2,10)7-11/h3-6H2,1-2H3. The number of hydrogen-bond acceptors (Lipinski definition) is 3. The average molecular weight is 204 g/mol. The van der Waals surface area contributed by atoms with Gasteiger partial charge in [0.1, 0.15) is 4.87 Å². The van der Waals surface area contributed by atoms with E-state index in [-0.39, 0.29) is 6.42 Å². The fraction of sp³-hybridized carbons (Fsp3) is 0.778. The summed E-state index contributed by atoms with van der Waals surface area (Å²) < 4.78 is 4.85. The lowest BCUT2D eigenvalue weighted by molar-refractivity contribution is -0.144. The van der Waals surface area contributed by atoms with Crippen LogP contribution in [0.1, 0.15) is 33.1 Å². The monoisotopic (exact) mass is 203 g/mol. The largest absolute Gasteiger partial charge is 0.466 e. The highest BCUT2D eigenvalue weighted by Gasteiger charge is 2.24. The van der Waals surface area contributed by atoms with Crippen LogP contribution in [0.25, 0.3) is 0 Å². The molecule has 0 bridgehead atoms. The molecule has 1 unspecified atom stereocenters. The summed E-state index contributed by atoms with van der Waals surface area (Å²) in [6.45, 7) is 3.91. The molecule has 3 nitrogen and oxygen atoms in total. The van der Waals surface area contributed by atoms with Crippen LogP contribution in [-0.4, -0.2) is 17.5 Å². The lowest BCUT2D eigenvalue weighted by atomic mass is 10.1. The van der Waals surface area contributed by atoms with Gasteiger partial charge in [0, 0.05) is 0 Å². The maximum atomic E-state index is 11.0. The predicted molar refractivity (Wildman–Crippen MR) is 50.4 cm³/mol. The summed E-state index contributed by atoms with van der Waals surface area (Å²) in [6.07, 6.45) is 1.76. The Labute approximate surface area is 83.6 Å². The van der Waals surface area contributed by atoms with E-state index in [2.05, 4.69) is 0 Å². The normalized spacial score (nSPS) is 14.3. The third kappa shape index (κ3) is 6.41. The summed E-state index contributed by atoms with van der Waals surface area (Å²) >= 11 is 5.67. The fourth-order valence-corrected chi connectivity index (χ4v) is 0.801. The Morgan fingerprint density at radius 3 is 2.77 bits per heavy atom. The third-order valence-corrected chi connectivity index (χ3v) is 1.69. The SMILES string of the molecule is CCCCOC(=O)CC(C)(Cl)C#N. The number of nitrogens with zero attached hydrogens (tertiary/aromatic N) is 1. The van der Waals surface area contributed by atoms with Gasteiger partial charge in [0.2, 0.25) is 0 Å². The van der Waals surface area contributed by atoms with Crippen LogP contribution in [-0.2, 0) is 9.53 Å². The molecule has 0 aliphatic carbocycles. The van der Waals surface area contributed by atoms with Crippen molar-refractivity contribution >= 4 is 17.6 Å². The van der Waals surface area contributed by atoms with Crippen LogP contribution in [0.4, 0.5) is 0 Å². The summed E-state index contributed by atoms with van der Waals surface area (Å²) in [6, 6.07) is 1.83. The summed E-state index contributed by atoms with van der Waals surface area (Å²) in [5.74, 6) is -0.410. The lowest BCUT2D eigenvalue weighted by Gasteiger charge is -2.11. The number of nitriles is 1. The van der Waals surface area contributed by atoms with Crippen molar-refractivity contribution in [2.24, 2.45) is 0 Å². The quantitative estimate of drug-likeness (QED) is 0.391. The molecule has 0 amide bonds. The summed E-state index contributed by atoms with van der Waals surface area (Å²) in [5.41, 5.74) is 0. The molecule has 0 aliphatic rings. The second-order valence-electron chi connectivity index (χ2n) is 3.06. The number of unbranched alkanes of at least 4 members (excludes halogenated alkanes) is 1.